The number of nitrogens with one attached hydrogen (secondary N) is 1. The Hall–Kier alpha value is -4.05. The molecule has 0 aliphatic rings. The van der Waals surface area contributed by atoms with Gasteiger partial charge in [-0.05, 0) is 36.4 Å². The fourth-order valence-electron chi connectivity index (χ4n) is 2.85. The van der Waals surface area contributed by atoms with E-state index in [9.17, 15) is 10.1 Å². The molecular weight excluding hydrogens is 368 g/mol. The highest BCUT2D eigenvalue weighted by Crippen LogP contribution is 2.35. The van der Waals surface area contributed by atoms with E-state index in [4.69, 9.17) is 14.6 Å². The van der Waals surface area contributed by atoms with Crippen LogP contribution in [0.25, 0.3) is 23.0 Å². The topological polar surface area (TPSA) is 89.2 Å². The minimum Gasteiger partial charge on any atom is -0.497 e. The van der Waals surface area contributed by atoms with Crippen molar-refractivity contribution in [3.63, 3.8) is 0 Å². The number of likely N-dealkylation sites (N-methyl/N-ethyl adjacent to an activating group) is 1. The summed E-state index contributed by atoms with van der Waals surface area (Å²) in [5.41, 5.74) is 2.65. The van der Waals surface area contributed by atoms with Crippen LogP contribution < -0.4 is 14.8 Å². The van der Waals surface area contributed by atoms with Gasteiger partial charge < -0.3 is 14.8 Å². The van der Waals surface area contributed by atoms with Gasteiger partial charge >= 0.3 is 0 Å². The standard InChI is InChI=1S/C22H20N4O3/c1-24-22(27)15(13-23)11-16-14-26(17-7-5-4-6-8-17)25-21(16)19-12-18(28-2)9-10-20(19)29-3/h4-12,14H,1-3H3,(H,24,27)/b15-11+. The molecule has 0 saturated heterocycles. The van der Waals surface area contributed by atoms with E-state index in [0.717, 1.165) is 5.69 Å². The van der Waals surface area contributed by atoms with Crippen molar-refractivity contribution in [2.75, 3.05) is 21.3 Å². The van der Waals surface area contributed by atoms with Gasteiger partial charge in [0.2, 0.25) is 0 Å². The Morgan fingerprint density at radius 3 is 2.55 bits per heavy atom. The van der Waals surface area contributed by atoms with Crippen LogP contribution in [-0.2, 0) is 4.79 Å². The molecule has 0 unspecified atom stereocenters. The third kappa shape index (κ3) is 4.12. The number of para-hydroxylation sites is 1. The molecule has 3 rings (SSSR count). The van der Waals surface area contributed by atoms with E-state index < -0.39 is 5.91 Å². The van der Waals surface area contributed by atoms with Gasteiger partial charge in [-0.3, -0.25) is 4.79 Å². The van der Waals surface area contributed by atoms with Gasteiger partial charge in [0.15, 0.2) is 0 Å². The molecule has 146 valence electrons. The van der Waals surface area contributed by atoms with E-state index in [1.165, 1.54) is 13.1 Å². The number of ether oxygens (including phenoxy) is 2. The third-order valence-electron chi connectivity index (χ3n) is 4.32. The molecule has 1 amide bonds. The van der Waals surface area contributed by atoms with Crippen molar-refractivity contribution in [1.29, 1.82) is 5.26 Å². The second-order valence-corrected chi connectivity index (χ2v) is 6.03. The number of methoxy groups -OCH3 is 2. The Morgan fingerprint density at radius 2 is 1.93 bits per heavy atom. The lowest BCUT2D eigenvalue weighted by Gasteiger charge is -2.09. The van der Waals surface area contributed by atoms with Crippen molar-refractivity contribution in [1.82, 2.24) is 15.1 Å². The number of rotatable bonds is 6. The molecule has 0 spiro atoms. The second-order valence-electron chi connectivity index (χ2n) is 6.03. The Morgan fingerprint density at radius 1 is 1.17 bits per heavy atom. The van der Waals surface area contributed by atoms with Gasteiger partial charge in [0, 0.05) is 24.4 Å². The molecule has 2 aromatic carbocycles. The van der Waals surface area contributed by atoms with Gasteiger partial charge in [0.1, 0.15) is 28.8 Å². The minimum absolute atomic E-state index is 0.0248. The van der Waals surface area contributed by atoms with Crippen LogP contribution >= 0.6 is 0 Å². The van der Waals surface area contributed by atoms with Crippen molar-refractivity contribution < 1.29 is 14.3 Å². The molecule has 0 atom stereocenters. The summed E-state index contributed by atoms with van der Waals surface area (Å²) in [6.45, 7) is 0. The van der Waals surface area contributed by atoms with Crippen LogP contribution in [0.1, 0.15) is 5.56 Å². The summed E-state index contributed by atoms with van der Waals surface area (Å²) in [7, 11) is 4.63. The number of aromatic nitrogens is 2. The Balaban J connectivity index is 2.25. The molecule has 3 aromatic rings. The highest BCUT2D eigenvalue weighted by molar-refractivity contribution is 6.02. The maximum Gasteiger partial charge on any atom is 0.261 e. The van der Waals surface area contributed by atoms with E-state index in [1.807, 2.05) is 36.4 Å². The quantitative estimate of drug-likeness (QED) is 0.517. The number of amides is 1. The first kappa shape index (κ1) is 19.7. The summed E-state index contributed by atoms with van der Waals surface area (Å²) in [4.78, 5) is 12.0. The predicted molar refractivity (Wildman–Crippen MR) is 110 cm³/mol. The monoisotopic (exact) mass is 388 g/mol. The van der Waals surface area contributed by atoms with Crippen molar-refractivity contribution in [2.45, 2.75) is 0 Å². The fraction of sp³-hybridized carbons (Fsp3) is 0.136. The molecule has 7 heteroatoms. The maximum atomic E-state index is 12.0. The molecule has 1 N–H and O–H groups in total. The fourth-order valence-corrected chi connectivity index (χ4v) is 2.85. The first-order valence-corrected chi connectivity index (χ1v) is 8.82. The number of nitrogens with zero attached hydrogens (tertiary/aromatic N) is 3. The van der Waals surface area contributed by atoms with E-state index in [1.54, 1.807) is 43.3 Å². The highest BCUT2D eigenvalue weighted by Gasteiger charge is 2.18. The zero-order valence-electron chi connectivity index (χ0n) is 16.3. The number of hydrogen-bond donors (Lipinski definition) is 1. The molecule has 1 aromatic heterocycles. The molecule has 0 aliphatic carbocycles. The van der Waals surface area contributed by atoms with Crippen LogP contribution in [-0.4, -0.2) is 37.0 Å². The SMILES string of the molecule is CNC(=O)/C(C#N)=C/c1cn(-c2ccccc2)nc1-c1cc(OC)ccc1OC. The lowest BCUT2D eigenvalue weighted by Crippen LogP contribution is -2.19. The van der Waals surface area contributed by atoms with Crippen LogP contribution in [0.4, 0.5) is 0 Å². The van der Waals surface area contributed by atoms with Crippen LogP contribution in [0.15, 0.2) is 60.3 Å². The Kier molecular flexibility index (Phi) is 5.95. The minimum atomic E-state index is -0.469. The average molecular weight is 388 g/mol. The van der Waals surface area contributed by atoms with E-state index in [0.29, 0.717) is 28.3 Å². The number of carbonyl (C=O) groups excluding carboxylic acids is 1. The van der Waals surface area contributed by atoms with Gasteiger partial charge in [0.05, 0.1) is 19.9 Å². The lowest BCUT2D eigenvalue weighted by atomic mass is 10.0. The molecule has 0 radical (unpaired) electrons. The van der Waals surface area contributed by atoms with Crippen molar-refractivity contribution in [3.05, 3.63) is 65.9 Å². The summed E-state index contributed by atoms with van der Waals surface area (Å²) in [5, 5.41) is 16.6. The highest BCUT2D eigenvalue weighted by atomic mass is 16.5. The predicted octanol–water partition coefficient (Wildman–Crippen LogP) is 3.21. The molecule has 1 heterocycles. The smallest absolute Gasteiger partial charge is 0.261 e. The summed E-state index contributed by atoms with van der Waals surface area (Å²) < 4.78 is 12.5. The largest absolute Gasteiger partial charge is 0.497 e. The number of carbonyl (C=O) groups is 1. The van der Waals surface area contributed by atoms with E-state index in [-0.39, 0.29) is 5.57 Å². The van der Waals surface area contributed by atoms with E-state index in [2.05, 4.69) is 5.32 Å². The van der Waals surface area contributed by atoms with Crippen molar-refractivity contribution in [3.8, 4) is 34.5 Å². The lowest BCUT2D eigenvalue weighted by molar-refractivity contribution is -0.116. The van der Waals surface area contributed by atoms with Crippen molar-refractivity contribution >= 4 is 12.0 Å². The van der Waals surface area contributed by atoms with Gasteiger partial charge in [-0.25, -0.2) is 4.68 Å². The average Bonchev–Trinajstić information content (AvgIpc) is 3.20. The Bertz CT molecular complexity index is 1090. The number of benzene rings is 2. The summed E-state index contributed by atoms with van der Waals surface area (Å²) >= 11 is 0. The summed E-state index contributed by atoms with van der Waals surface area (Å²) in [5.74, 6) is 0.762. The first-order chi connectivity index (χ1) is 14.1. The van der Waals surface area contributed by atoms with Gasteiger partial charge in [-0.1, -0.05) is 18.2 Å². The van der Waals surface area contributed by atoms with Crippen LogP contribution in [0.3, 0.4) is 0 Å². The van der Waals surface area contributed by atoms with Crippen LogP contribution in [0.2, 0.25) is 0 Å². The zero-order chi connectivity index (χ0) is 20.8. The van der Waals surface area contributed by atoms with Crippen LogP contribution in [0.5, 0.6) is 11.5 Å². The molecule has 0 fully saturated rings. The molecule has 0 aliphatic heterocycles. The second kappa shape index (κ2) is 8.76. The van der Waals surface area contributed by atoms with Crippen molar-refractivity contribution in [2.24, 2.45) is 0 Å². The van der Waals surface area contributed by atoms with Gasteiger partial charge in [-0.2, -0.15) is 10.4 Å². The summed E-state index contributed by atoms with van der Waals surface area (Å²) in [6, 6.07) is 16.9. The van der Waals surface area contributed by atoms with Gasteiger partial charge in [-0.15, -0.1) is 0 Å². The first-order valence-electron chi connectivity index (χ1n) is 8.82. The molecule has 0 saturated carbocycles. The summed E-state index contributed by atoms with van der Waals surface area (Å²) in [6.07, 6.45) is 3.28. The molecule has 0 bridgehead atoms. The normalized spacial score (nSPS) is 10.9. The van der Waals surface area contributed by atoms with Crippen LogP contribution in [0, 0.1) is 11.3 Å². The third-order valence-corrected chi connectivity index (χ3v) is 4.32. The molecule has 29 heavy (non-hydrogen) atoms. The zero-order valence-corrected chi connectivity index (χ0v) is 16.3. The molecular formula is C22H20N4O3. The van der Waals surface area contributed by atoms with E-state index >= 15 is 0 Å². The Labute approximate surface area is 168 Å². The molecule has 7 nitrogen and oxygen atoms in total. The maximum absolute atomic E-state index is 12.0. The van der Waals surface area contributed by atoms with Gasteiger partial charge in [0.25, 0.3) is 5.91 Å². The number of nitriles is 1. The number of hydrogen-bond acceptors (Lipinski definition) is 5.